The van der Waals surface area contributed by atoms with Gasteiger partial charge in [0.2, 0.25) is 0 Å². The highest BCUT2D eigenvalue weighted by Crippen LogP contribution is 2.40. The van der Waals surface area contributed by atoms with Gasteiger partial charge in [-0.05, 0) is 81.8 Å². The van der Waals surface area contributed by atoms with Gasteiger partial charge < -0.3 is 14.6 Å². The lowest BCUT2D eigenvalue weighted by Crippen LogP contribution is -2.17. The van der Waals surface area contributed by atoms with Crippen LogP contribution in [0.2, 0.25) is 0 Å². The molecule has 0 radical (unpaired) electrons. The molecule has 0 unspecified atom stereocenters. The fraction of sp³-hybridized carbons (Fsp3) is 0.367. The average Bonchev–Trinajstić information content (AvgIpc) is 3.24. The third-order valence-corrected chi connectivity index (χ3v) is 6.91. The van der Waals surface area contributed by atoms with Gasteiger partial charge in [0, 0.05) is 0 Å². The molecule has 4 heteroatoms. The summed E-state index contributed by atoms with van der Waals surface area (Å²) in [5.74, 6) is 0.546. The summed E-state index contributed by atoms with van der Waals surface area (Å²) in [5.41, 5.74) is 7.01. The maximum absolute atomic E-state index is 11.5. The van der Waals surface area contributed by atoms with Crippen LogP contribution in [0.3, 0.4) is 0 Å². The fourth-order valence-electron chi connectivity index (χ4n) is 4.90. The summed E-state index contributed by atoms with van der Waals surface area (Å²) < 4.78 is 11.6. The summed E-state index contributed by atoms with van der Waals surface area (Å²) >= 11 is 0. The second-order valence-corrected chi connectivity index (χ2v) is 10.3. The summed E-state index contributed by atoms with van der Waals surface area (Å²) in [6.45, 7) is 8.93. The number of rotatable bonds is 7. The molecule has 0 spiro atoms. The molecule has 0 heterocycles. The van der Waals surface area contributed by atoms with Crippen molar-refractivity contribution in [3.8, 4) is 22.6 Å². The van der Waals surface area contributed by atoms with Gasteiger partial charge in [0.1, 0.15) is 18.1 Å². The number of benzene rings is 3. The zero-order valence-corrected chi connectivity index (χ0v) is 20.7. The minimum absolute atomic E-state index is 0.0395. The highest BCUT2D eigenvalue weighted by molar-refractivity contribution is 5.72. The number of fused-ring (bicyclic) bond motifs is 1. The SMILES string of the molecule is COc1cccc(-c2ccc(COc3ccc4c(c3)[C@@H]([C@@H](C)C(=O)O)CC4)cc2C(C)(C)C)c1. The Morgan fingerprint density at radius 2 is 1.85 bits per heavy atom. The van der Waals surface area contributed by atoms with E-state index in [0.29, 0.717) is 6.61 Å². The van der Waals surface area contributed by atoms with Gasteiger partial charge in [0.05, 0.1) is 13.0 Å². The van der Waals surface area contributed by atoms with Gasteiger partial charge in [-0.1, -0.05) is 64.1 Å². The van der Waals surface area contributed by atoms with Crippen molar-refractivity contribution < 1.29 is 19.4 Å². The molecule has 1 aliphatic carbocycles. The van der Waals surface area contributed by atoms with E-state index in [1.807, 2.05) is 24.3 Å². The summed E-state index contributed by atoms with van der Waals surface area (Å²) in [4.78, 5) is 11.5. The molecule has 0 amide bonds. The summed E-state index contributed by atoms with van der Waals surface area (Å²) in [6, 6.07) is 20.8. The van der Waals surface area contributed by atoms with Crippen molar-refractivity contribution in [2.24, 2.45) is 5.92 Å². The largest absolute Gasteiger partial charge is 0.497 e. The van der Waals surface area contributed by atoms with Crippen molar-refractivity contribution in [1.82, 2.24) is 0 Å². The van der Waals surface area contributed by atoms with Gasteiger partial charge in [-0.25, -0.2) is 0 Å². The van der Waals surface area contributed by atoms with Crippen molar-refractivity contribution in [1.29, 1.82) is 0 Å². The van der Waals surface area contributed by atoms with Gasteiger partial charge in [0.25, 0.3) is 0 Å². The molecule has 2 atom stereocenters. The van der Waals surface area contributed by atoms with Crippen LogP contribution in [-0.4, -0.2) is 18.2 Å². The molecular formula is C30H34O4. The lowest BCUT2D eigenvalue weighted by atomic mass is 9.81. The van der Waals surface area contributed by atoms with E-state index in [2.05, 4.69) is 57.2 Å². The average molecular weight is 459 g/mol. The van der Waals surface area contributed by atoms with E-state index in [1.54, 1.807) is 14.0 Å². The maximum Gasteiger partial charge on any atom is 0.306 e. The normalized spacial score (nSPS) is 16.1. The van der Waals surface area contributed by atoms with Gasteiger partial charge in [-0.2, -0.15) is 0 Å². The quantitative estimate of drug-likeness (QED) is 0.415. The topological polar surface area (TPSA) is 55.8 Å². The van der Waals surface area contributed by atoms with E-state index in [9.17, 15) is 9.90 Å². The zero-order valence-electron chi connectivity index (χ0n) is 20.7. The summed E-state index contributed by atoms with van der Waals surface area (Å²) in [5, 5.41) is 9.48. The van der Waals surface area contributed by atoms with Crippen molar-refractivity contribution in [2.75, 3.05) is 7.11 Å². The molecule has 0 aliphatic heterocycles. The lowest BCUT2D eigenvalue weighted by Gasteiger charge is -2.24. The Bertz CT molecular complexity index is 1190. The summed E-state index contributed by atoms with van der Waals surface area (Å²) in [7, 11) is 1.69. The molecule has 0 aromatic heterocycles. The summed E-state index contributed by atoms with van der Waals surface area (Å²) in [6.07, 6.45) is 1.81. The van der Waals surface area contributed by atoms with Crippen LogP contribution in [0.25, 0.3) is 11.1 Å². The van der Waals surface area contributed by atoms with E-state index in [4.69, 9.17) is 9.47 Å². The molecule has 0 saturated heterocycles. The Kier molecular flexibility index (Phi) is 6.70. The minimum Gasteiger partial charge on any atom is -0.497 e. The Labute approximate surface area is 202 Å². The number of carboxylic acid groups (broad SMARTS) is 1. The molecule has 3 aromatic carbocycles. The minimum atomic E-state index is -0.741. The highest BCUT2D eigenvalue weighted by Gasteiger charge is 2.31. The molecular weight excluding hydrogens is 424 g/mol. The molecule has 0 bridgehead atoms. The Morgan fingerprint density at radius 1 is 1.06 bits per heavy atom. The first-order valence-electron chi connectivity index (χ1n) is 11.9. The molecule has 4 rings (SSSR count). The van der Waals surface area contributed by atoms with Crippen molar-refractivity contribution >= 4 is 5.97 Å². The standard InChI is InChI=1S/C30H34O4/c1-19(29(31)32)25-14-11-21-10-12-24(17-27(21)25)34-18-20-9-13-26(28(15-20)30(2,3)4)22-7-6-8-23(16-22)33-5/h6-10,12-13,15-17,19,25H,11,14,18H2,1-5H3,(H,31,32)/t19-,25-/m1/s1. The van der Waals surface area contributed by atoms with E-state index in [0.717, 1.165) is 41.0 Å². The van der Waals surface area contributed by atoms with Crippen LogP contribution in [0.15, 0.2) is 60.7 Å². The Balaban J connectivity index is 1.57. The van der Waals surface area contributed by atoms with E-state index < -0.39 is 11.9 Å². The number of aliphatic carboxylic acids is 1. The number of aryl methyl sites for hydroxylation is 1. The van der Waals surface area contributed by atoms with Crippen LogP contribution >= 0.6 is 0 Å². The van der Waals surface area contributed by atoms with Crippen LogP contribution in [0, 0.1) is 5.92 Å². The Hall–Kier alpha value is -3.27. The van der Waals surface area contributed by atoms with Gasteiger partial charge in [-0.3, -0.25) is 4.79 Å². The van der Waals surface area contributed by atoms with Gasteiger partial charge >= 0.3 is 5.97 Å². The predicted octanol–water partition coefficient (Wildman–Crippen LogP) is 6.99. The molecule has 0 fully saturated rings. The maximum atomic E-state index is 11.5. The van der Waals surface area contributed by atoms with Crippen molar-refractivity contribution in [3.63, 3.8) is 0 Å². The van der Waals surface area contributed by atoms with Crippen molar-refractivity contribution in [3.05, 3.63) is 82.9 Å². The Morgan fingerprint density at radius 3 is 2.56 bits per heavy atom. The van der Waals surface area contributed by atoms with Crippen LogP contribution in [0.4, 0.5) is 0 Å². The fourth-order valence-corrected chi connectivity index (χ4v) is 4.90. The first-order valence-corrected chi connectivity index (χ1v) is 11.9. The van der Waals surface area contributed by atoms with E-state index in [-0.39, 0.29) is 11.3 Å². The number of carbonyl (C=O) groups is 1. The number of hydrogen-bond donors (Lipinski definition) is 1. The predicted molar refractivity (Wildman–Crippen MR) is 136 cm³/mol. The second kappa shape index (κ2) is 9.54. The third kappa shape index (κ3) is 4.96. The first kappa shape index (κ1) is 23.9. The number of ether oxygens (including phenoxy) is 2. The molecule has 0 saturated carbocycles. The second-order valence-electron chi connectivity index (χ2n) is 10.3. The van der Waals surface area contributed by atoms with Gasteiger partial charge in [0.15, 0.2) is 0 Å². The smallest absolute Gasteiger partial charge is 0.306 e. The molecule has 1 N–H and O–H groups in total. The zero-order chi connectivity index (χ0) is 24.5. The van der Waals surface area contributed by atoms with Gasteiger partial charge in [-0.15, -0.1) is 0 Å². The molecule has 34 heavy (non-hydrogen) atoms. The number of hydrogen-bond acceptors (Lipinski definition) is 3. The number of carboxylic acids is 1. The third-order valence-electron chi connectivity index (χ3n) is 6.91. The van der Waals surface area contributed by atoms with Crippen LogP contribution in [-0.2, 0) is 23.2 Å². The molecule has 3 aromatic rings. The van der Waals surface area contributed by atoms with E-state index >= 15 is 0 Å². The molecule has 1 aliphatic rings. The van der Waals surface area contributed by atoms with Crippen LogP contribution in [0.1, 0.15) is 62.3 Å². The highest BCUT2D eigenvalue weighted by atomic mass is 16.5. The monoisotopic (exact) mass is 458 g/mol. The van der Waals surface area contributed by atoms with Crippen LogP contribution < -0.4 is 9.47 Å². The van der Waals surface area contributed by atoms with Crippen molar-refractivity contribution in [2.45, 2.75) is 58.5 Å². The molecule has 4 nitrogen and oxygen atoms in total. The van der Waals surface area contributed by atoms with E-state index in [1.165, 1.54) is 16.7 Å². The lowest BCUT2D eigenvalue weighted by molar-refractivity contribution is -0.141. The first-order chi connectivity index (χ1) is 16.2. The molecule has 178 valence electrons. The van der Waals surface area contributed by atoms with Crippen LogP contribution in [0.5, 0.6) is 11.5 Å². The number of methoxy groups -OCH3 is 1.